The topological polar surface area (TPSA) is 54.0 Å². The first-order valence-electron chi connectivity index (χ1n) is 26.5. The zero-order valence-electron chi connectivity index (χ0n) is 41.3. The van der Waals surface area contributed by atoms with E-state index in [4.69, 9.17) is 18.9 Å². The molecular formula is C62H62F6O5. The Bertz CT molecular complexity index is 2990. The number of carbonyl (C=O) groups is 1. The Hall–Kier alpha value is -5.71. The molecule has 0 heterocycles. The summed E-state index contributed by atoms with van der Waals surface area (Å²) in [6.07, 6.45) is 1.04. The second kappa shape index (κ2) is 18.0. The highest BCUT2D eigenvalue weighted by atomic mass is 19.4. The van der Waals surface area contributed by atoms with Crippen molar-refractivity contribution in [3.63, 3.8) is 0 Å². The van der Waals surface area contributed by atoms with Crippen LogP contribution in [0, 0.1) is 40.4 Å². The van der Waals surface area contributed by atoms with Crippen LogP contribution in [0.1, 0.15) is 125 Å². The van der Waals surface area contributed by atoms with Crippen LogP contribution in [0.3, 0.4) is 0 Å². The minimum atomic E-state index is -5.48. The number of fused-ring (bicyclic) bond motifs is 6. The van der Waals surface area contributed by atoms with Gasteiger partial charge >= 0.3 is 18.3 Å². The van der Waals surface area contributed by atoms with Crippen molar-refractivity contribution >= 4 is 27.5 Å². The SMILES string of the molecule is CC(CC(CC(C)c1ccc(Oc2ccc3cc4ccccc4cc3c2)cc1)c1ccc(OC23CC4CC5CC(C(=O)OC6CC7CCC6C7)(C2)CC45C3)cc1)c1ccc(OCC(C(F)(F)F)C(F)(F)F)cc1. The third-order valence-corrected chi connectivity index (χ3v) is 18.8. The average molecular weight is 1000 g/mol. The van der Waals surface area contributed by atoms with Crippen LogP contribution in [0.25, 0.3) is 21.5 Å². The lowest BCUT2D eigenvalue weighted by molar-refractivity contribution is -0.289. The lowest BCUT2D eigenvalue weighted by atomic mass is 9.55. The van der Waals surface area contributed by atoms with Gasteiger partial charge in [-0.2, -0.15) is 26.3 Å². The number of rotatable bonds is 16. The molecular weight excluding hydrogens is 939 g/mol. The lowest BCUT2D eigenvalue weighted by Crippen LogP contribution is -2.48. The van der Waals surface area contributed by atoms with Crippen LogP contribution in [-0.2, 0) is 9.53 Å². The van der Waals surface area contributed by atoms with Crippen molar-refractivity contribution in [1.82, 2.24) is 0 Å². The van der Waals surface area contributed by atoms with E-state index in [1.165, 1.54) is 48.6 Å². The van der Waals surface area contributed by atoms with E-state index in [1.54, 1.807) is 12.1 Å². The van der Waals surface area contributed by atoms with Gasteiger partial charge in [-0.15, -0.1) is 0 Å². The third kappa shape index (κ3) is 9.12. The van der Waals surface area contributed by atoms with Gasteiger partial charge in [-0.1, -0.05) is 80.6 Å². The first-order valence-corrected chi connectivity index (χ1v) is 26.5. The summed E-state index contributed by atoms with van der Waals surface area (Å²) in [5.74, 6) is 1.25. The zero-order chi connectivity index (χ0) is 50.5. The van der Waals surface area contributed by atoms with E-state index in [0.29, 0.717) is 30.1 Å². The van der Waals surface area contributed by atoms with E-state index in [-0.39, 0.29) is 41.0 Å². The second-order valence-electron chi connectivity index (χ2n) is 23.4. The molecule has 5 nitrogen and oxygen atoms in total. The summed E-state index contributed by atoms with van der Waals surface area (Å²) >= 11 is 0. The fourth-order valence-corrected chi connectivity index (χ4v) is 15.3. The number of benzene rings is 6. The molecule has 382 valence electrons. The molecule has 12 rings (SSSR count). The monoisotopic (exact) mass is 1000 g/mol. The molecule has 0 saturated heterocycles. The van der Waals surface area contributed by atoms with E-state index in [2.05, 4.69) is 86.6 Å². The molecule has 0 amide bonds. The summed E-state index contributed by atoms with van der Waals surface area (Å²) in [4.78, 5) is 14.3. The number of esters is 1. The molecule has 6 aromatic carbocycles. The molecule has 11 unspecified atom stereocenters. The molecule has 1 spiro atoms. The standard InChI is InChI=1S/C62H62F6O5/c1-37(40-9-16-51(17-10-40)70-33-56(61(63,64)65)62(66,67)68)23-47(24-38(2)41-11-18-52(19-12-41)71-54-22-15-45-27-43-5-3-4-6-44(43)28-48(45)29-54)42-13-20-53(21-14-42)73-59-32-50-30-49-31-58(34-59,35-60(49,50)36-59)57(69)72-55-26-39-7-8-46(55)25-39/h3-6,9-22,27-29,37-39,46-47,49-50,55-56H,7-8,23-26,30-36H2,1-2H3. The quantitative estimate of drug-likeness (QED) is 0.0549. The Labute approximate surface area is 422 Å². The molecule has 6 fully saturated rings. The molecule has 0 aromatic heterocycles. The Morgan fingerprint density at radius 2 is 1.19 bits per heavy atom. The van der Waals surface area contributed by atoms with Gasteiger partial charge in [0, 0.05) is 6.42 Å². The number of carbonyl (C=O) groups excluding carboxylic acids is 1. The molecule has 0 aliphatic heterocycles. The number of hydrogen-bond donors (Lipinski definition) is 0. The third-order valence-electron chi connectivity index (χ3n) is 18.8. The van der Waals surface area contributed by atoms with Gasteiger partial charge < -0.3 is 18.9 Å². The van der Waals surface area contributed by atoms with E-state index < -0.39 is 35.9 Å². The van der Waals surface area contributed by atoms with Gasteiger partial charge in [0.05, 0.1) is 5.41 Å². The van der Waals surface area contributed by atoms with E-state index >= 15 is 0 Å². The van der Waals surface area contributed by atoms with Crippen molar-refractivity contribution < 1.29 is 50.1 Å². The van der Waals surface area contributed by atoms with Crippen LogP contribution in [0.15, 0.2) is 127 Å². The molecule has 6 aliphatic carbocycles. The van der Waals surface area contributed by atoms with Crippen LogP contribution < -0.4 is 14.2 Å². The smallest absolute Gasteiger partial charge is 0.403 e. The van der Waals surface area contributed by atoms with Crippen LogP contribution >= 0.6 is 0 Å². The summed E-state index contributed by atoms with van der Waals surface area (Å²) in [7, 11) is 0. The van der Waals surface area contributed by atoms with Gasteiger partial charge in [-0.3, -0.25) is 4.79 Å². The largest absolute Gasteiger partial charge is 0.493 e. The van der Waals surface area contributed by atoms with Crippen molar-refractivity contribution in [3.05, 3.63) is 144 Å². The van der Waals surface area contributed by atoms with Crippen molar-refractivity contribution in [3.8, 4) is 23.0 Å². The first-order chi connectivity index (χ1) is 34.9. The Balaban J connectivity index is 0.758. The van der Waals surface area contributed by atoms with Crippen molar-refractivity contribution in [2.24, 2.45) is 40.4 Å². The molecule has 73 heavy (non-hydrogen) atoms. The summed E-state index contributed by atoms with van der Waals surface area (Å²) in [5.41, 5.74) is 2.49. The fourth-order valence-electron chi connectivity index (χ4n) is 15.3. The minimum absolute atomic E-state index is 0.0240. The van der Waals surface area contributed by atoms with Crippen LogP contribution in [0.4, 0.5) is 26.3 Å². The first kappa shape index (κ1) is 48.2. The zero-order valence-corrected chi connectivity index (χ0v) is 41.3. The van der Waals surface area contributed by atoms with Crippen molar-refractivity contribution in [1.29, 1.82) is 0 Å². The molecule has 11 heteroatoms. The molecule has 6 aromatic rings. The summed E-state index contributed by atoms with van der Waals surface area (Å²) in [5, 5.41) is 4.61. The predicted octanol–water partition coefficient (Wildman–Crippen LogP) is 16.8. The lowest BCUT2D eigenvalue weighted by Gasteiger charge is -2.49. The van der Waals surface area contributed by atoms with Gasteiger partial charge in [0.2, 0.25) is 0 Å². The predicted molar refractivity (Wildman–Crippen MR) is 269 cm³/mol. The maximum absolute atomic E-state index is 14.3. The van der Waals surface area contributed by atoms with Crippen LogP contribution in [0.2, 0.25) is 0 Å². The van der Waals surface area contributed by atoms with Crippen LogP contribution in [0.5, 0.6) is 23.0 Å². The number of ether oxygens (including phenoxy) is 4. The summed E-state index contributed by atoms with van der Waals surface area (Å²) < 4.78 is 104. The molecule has 6 saturated carbocycles. The summed E-state index contributed by atoms with van der Waals surface area (Å²) in [6, 6.07) is 41.9. The highest BCUT2D eigenvalue weighted by molar-refractivity contribution is 5.98. The van der Waals surface area contributed by atoms with Crippen LogP contribution in [-0.4, -0.2) is 36.6 Å². The Morgan fingerprint density at radius 3 is 1.82 bits per heavy atom. The molecule has 6 aliphatic rings. The summed E-state index contributed by atoms with van der Waals surface area (Å²) in [6.45, 7) is 2.76. The van der Waals surface area contributed by atoms with Crippen molar-refractivity contribution in [2.45, 2.75) is 133 Å². The van der Waals surface area contributed by atoms with E-state index in [9.17, 15) is 31.1 Å². The maximum Gasteiger partial charge on any atom is 0.403 e. The molecule has 0 N–H and O–H groups in total. The number of hydrogen-bond acceptors (Lipinski definition) is 5. The Kier molecular flexibility index (Phi) is 11.9. The van der Waals surface area contributed by atoms with Crippen molar-refractivity contribution in [2.75, 3.05) is 6.61 Å². The Morgan fingerprint density at radius 1 is 0.603 bits per heavy atom. The fraction of sp³-hybridized carbons (Fsp3) is 0.468. The van der Waals surface area contributed by atoms with Gasteiger partial charge in [-0.25, -0.2) is 0 Å². The maximum atomic E-state index is 14.3. The van der Waals surface area contributed by atoms with Gasteiger partial charge in [-0.05, 0) is 216 Å². The highest BCUT2D eigenvalue weighted by Gasteiger charge is 2.78. The van der Waals surface area contributed by atoms with E-state index in [0.717, 1.165) is 89.7 Å². The number of alkyl halides is 6. The van der Waals surface area contributed by atoms with Gasteiger partial charge in [0.25, 0.3) is 0 Å². The molecule has 11 atom stereocenters. The van der Waals surface area contributed by atoms with E-state index in [1.807, 2.05) is 30.3 Å². The number of halogens is 6. The molecule has 0 radical (unpaired) electrons. The minimum Gasteiger partial charge on any atom is -0.493 e. The second-order valence-corrected chi connectivity index (χ2v) is 23.4. The van der Waals surface area contributed by atoms with Gasteiger partial charge in [0.15, 0.2) is 5.92 Å². The average Bonchev–Trinajstić information content (AvgIpc) is 4.08. The van der Waals surface area contributed by atoms with Gasteiger partial charge in [0.1, 0.15) is 41.3 Å². The molecule has 5 bridgehead atoms. The highest BCUT2D eigenvalue weighted by Crippen LogP contribution is 2.80. The normalized spacial score (nSPS) is 29.0.